The van der Waals surface area contributed by atoms with Crippen LogP contribution in [0, 0.1) is 0 Å². The molecule has 29 heavy (non-hydrogen) atoms. The second kappa shape index (κ2) is 6.47. The van der Waals surface area contributed by atoms with Gasteiger partial charge < -0.3 is 5.32 Å². The van der Waals surface area contributed by atoms with E-state index in [1.54, 1.807) is 12.3 Å². The molecule has 9 heteroatoms. The molecule has 0 radical (unpaired) electrons. The third kappa shape index (κ3) is 3.26. The molecule has 1 spiro atoms. The molecule has 2 aromatic rings. The first kappa shape index (κ1) is 19.7. The lowest BCUT2D eigenvalue weighted by molar-refractivity contribution is -0.147. The number of aliphatic imine (C=N–C) groups is 1. The van der Waals surface area contributed by atoms with Crippen molar-refractivity contribution in [1.29, 1.82) is 0 Å². The van der Waals surface area contributed by atoms with E-state index in [9.17, 15) is 26.3 Å². The maximum Gasteiger partial charge on any atom is 0.416 e. The largest absolute Gasteiger partial charge is 0.416 e. The van der Waals surface area contributed by atoms with Gasteiger partial charge in [0.15, 0.2) is 0 Å². The van der Waals surface area contributed by atoms with Crippen LogP contribution in [0.4, 0.5) is 26.3 Å². The third-order valence-corrected chi connectivity index (χ3v) is 5.66. The van der Waals surface area contributed by atoms with Gasteiger partial charge in [-0.15, -0.1) is 0 Å². The third-order valence-electron chi connectivity index (χ3n) is 5.66. The van der Waals surface area contributed by atoms with Crippen LogP contribution < -0.4 is 5.32 Å². The van der Waals surface area contributed by atoms with Crippen LogP contribution in [0.1, 0.15) is 41.3 Å². The number of benzene rings is 1. The molecular formula is C20H17F6N3. The Balaban J connectivity index is 1.86. The molecule has 1 aromatic heterocycles. The van der Waals surface area contributed by atoms with Gasteiger partial charge in [0.2, 0.25) is 0 Å². The molecule has 1 aliphatic heterocycles. The zero-order valence-electron chi connectivity index (χ0n) is 15.3. The van der Waals surface area contributed by atoms with Crippen molar-refractivity contribution in [3.8, 4) is 0 Å². The van der Waals surface area contributed by atoms with Crippen LogP contribution in [-0.2, 0) is 18.0 Å². The second-order valence-corrected chi connectivity index (χ2v) is 7.41. The molecule has 2 atom stereocenters. The Morgan fingerprint density at radius 1 is 1.07 bits per heavy atom. The summed E-state index contributed by atoms with van der Waals surface area (Å²) in [6.07, 6.45) is -6.38. The molecule has 0 fully saturated rings. The molecule has 1 N–H and O–H groups in total. The molecule has 1 aliphatic carbocycles. The number of hydrogen-bond donors (Lipinski definition) is 1. The van der Waals surface area contributed by atoms with Crippen molar-refractivity contribution in [3.63, 3.8) is 0 Å². The fourth-order valence-electron chi connectivity index (χ4n) is 4.10. The van der Waals surface area contributed by atoms with Crippen molar-refractivity contribution < 1.29 is 26.3 Å². The van der Waals surface area contributed by atoms with E-state index in [4.69, 9.17) is 0 Å². The van der Waals surface area contributed by atoms with Gasteiger partial charge in [0.05, 0.1) is 12.1 Å². The first-order valence-electron chi connectivity index (χ1n) is 9.06. The van der Waals surface area contributed by atoms with Gasteiger partial charge in [-0.05, 0) is 49.1 Å². The highest BCUT2D eigenvalue weighted by atomic mass is 19.4. The number of alkyl halides is 6. The number of rotatable bonds is 1. The topological polar surface area (TPSA) is 37.3 Å². The van der Waals surface area contributed by atoms with Crippen LogP contribution in [-0.4, -0.2) is 29.6 Å². The molecule has 0 unspecified atom stereocenters. The van der Waals surface area contributed by atoms with Crippen LogP contribution in [0.3, 0.4) is 0 Å². The smallest absolute Gasteiger partial charge is 0.359 e. The highest BCUT2D eigenvalue weighted by Gasteiger charge is 2.47. The minimum atomic E-state index is -4.56. The Hall–Kier alpha value is -2.58. The predicted molar refractivity (Wildman–Crippen MR) is 94.8 cm³/mol. The molecule has 2 aliphatic rings. The van der Waals surface area contributed by atoms with E-state index >= 15 is 0 Å². The number of aromatic nitrogens is 1. The summed E-state index contributed by atoms with van der Waals surface area (Å²) in [7, 11) is 0. The Kier molecular flexibility index (Phi) is 4.40. The van der Waals surface area contributed by atoms with Crippen LogP contribution in [0.2, 0.25) is 0 Å². The van der Waals surface area contributed by atoms with Crippen molar-refractivity contribution in [2.24, 2.45) is 4.99 Å². The van der Waals surface area contributed by atoms with E-state index in [-0.39, 0.29) is 17.9 Å². The summed E-state index contributed by atoms with van der Waals surface area (Å²) in [6, 6.07) is 4.78. The van der Waals surface area contributed by atoms with Gasteiger partial charge in [-0.1, -0.05) is 12.1 Å². The number of aryl methyl sites for hydroxylation is 1. The van der Waals surface area contributed by atoms with Crippen molar-refractivity contribution in [1.82, 2.24) is 10.3 Å². The summed E-state index contributed by atoms with van der Waals surface area (Å²) in [5.41, 5.74) is 0.506. The van der Waals surface area contributed by atoms with Gasteiger partial charge in [0.25, 0.3) is 0 Å². The second-order valence-electron chi connectivity index (χ2n) is 7.41. The molecular weight excluding hydrogens is 396 g/mol. The molecule has 1 aromatic carbocycles. The molecule has 0 bridgehead atoms. The number of amidine groups is 1. The standard InChI is InChI=1S/C20H17F6N3/c1-11(19(21,22)23)29-17-13-5-4-12(20(24,25)26)9-15(13)18(10-28-17)7-6-16-14(18)3-2-8-27-16/h2-5,8-9,11H,6-7,10H2,1H3,(H,28,29)/t11-,18+/m0/s1. The summed E-state index contributed by atoms with van der Waals surface area (Å²) < 4.78 is 79.2. The number of nitrogens with zero attached hydrogens (tertiary/aromatic N) is 2. The molecule has 0 saturated heterocycles. The number of pyridine rings is 1. The molecule has 2 heterocycles. The molecule has 3 nitrogen and oxygen atoms in total. The van der Waals surface area contributed by atoms with E-state index in [0.29, 0.717) is 18.4 Å². The molecule has 154 valence electrons. The van der Waals surface area contributed by atoms with Crippen molar-refractivity contribution >= 4 is 5.84 Å². The van der Waals surface area contributed by atoms with Gasteiger partial charge in [-0.25, -0.2) is 0 Å². The van der Waals surface area contributed by atoms with Crippen molar-refractivity contribution in [2.75, 3.05) is 6.54 Å². The fraction of sp³-hybridized carbons (Fsp3) is 0.400. The maximum absolute atomic E-state index is 13.4. The Morgan fingerprint density at radius 2 is 1.83 bits per heavy atom. The normalized spacial score (nSPS) is 22.1. The van der Waals surface area contributed by atoms with Crippen molar-refractivity contribution in [3.05, 3.63) is 64.5 Å². The van der Waals surface area contributed by atoms with Gasteiger partial charge in [-0.3, -0.25) is 9.98 Å². The van der Waals surface area contributed by atoms with Gasteiger partial charge in [0, 0.05) is 22.9 Å². The summed E-state index contributed by atoms with van der Waals surface area (Å²) in [5.74, 6) is -0.0403. The Labute approximate surface area is 162 Å². The van der Waals surface area contributed by atoms with Gasteiger partial charge in [0.1, 0.15) is 11.9 Å². The van der Waals surface area contributed by atoms with E-state index in [2.05, 4.69) is 15.3 Å². The molecule has 0 amide bonds. The van der Waals surface area contributed by atoms with Crippen LogP contribution in [0.25, 0.3) is 0 Å². The SMILES string of the molecule is C[C@H](NC1=NC[C@@]2(CCc3ncccc32)c2cc(C(F)(F)F)ccc21)C(F)(F)F. The lowest BCUT2D eigenvalue weighted by atomic mass is 9.71. The van der Waals surface area contributed by atoms with Crippen molar-refractivity contribution in [2.45, 2.75) is 43.6 Å². The number of halogens is 6. The quantitative estimate of drug-likeness (QED) is 0.692. The first-order valence-corrected chi connectivity index (χ1v) is 9.06. The van der Waals surface area contributed by atoms with E-state index in [1.165, 1.54) is 6.07 Å². The lowest BCUT2D eigenvalue weighted by Gasteiger charge is -2.36. The summed E-state index contributed by atoms with van der Waals surface area (Å²) in [6.45, 7) is 1.01. The molecule has 4 rings (SSSR count). The van der Waals surface area contributed by atoms with Crippen LogP contribution >= 0.6 is 0 Å². The fourth-order valence-corrected chi connectivity index (χ4v) is 4.10. The van der Waals surface area contributed by atoms with Crippen LogP contribution in [0.5, 0.6) is 0 Å². The maximum atomic E-state index is 13.4. The van der Waals surface area contributed by atoms with Crippen LogP contribution in [0.15, 0.2) is 41.5 Å². The van der Waals surface area contributed by atoms with Gasteiger partial charge in [-0.2, -0.15) is 26.3 Å². The van der Waals surface area contributed by atoms with E-state index in [1.807, 2.05) is 6.07 Å². The van der Waals surface area contributed by atoms with E-state index in [0.717, 1.165) is 30.3 Å². The molecule has 0 saturated carbocycles. The highest BCUT2D eigenvalue weighted by Crippen LogP contribution is 2.48. The first-order chi connectivity index (χ1) is 13.5. The summed E-state index contributed by atoms with van der Waals surface area (Å²) in [4.78, 5) is 8.66. The Morgan fingerprint density at radius 3 is 2.52 bits per heavy atom. The highest BCUT2D eigenvalue weighted by molar-refractivity contribution is 6.02. The number of nitrogens with one attached hydrogen (secondary N) is 1. The van der Waals surface area contributed by atoms with Gasteiger partial charge >= 0.3 is 12.4 Å². The number of hydrogen-bond acceptors (Lipinski definition) is 3. The minimum absolute atomic E-state index is 0.0403. The monoisotopic (exact) mass is 413 g/mol. The van der Waals surface area contributed by atoms with E-state index < -0.39 is 29.4 Å². The average Bonchev–Trinajstić information content (AvgIpc) is 3.02. The zero-order valence-corrected chi connectivity index (χ0v) is 15.3. The average molecular weight is 413 g/mol. The lowest BCUT2D eigenvalue weighted by Crippen LogP contribution is -2.47. The summed E-state index contributed by atoms with van der Waals surface area (Å²) >= 11 is 0. The summed E-state index contributed by atoms with van der Waals surface area (Å²) in [5, 5.41) is 2.33. The Bertz CT molecular complexity index is 979. The number of fused-ring (bicyclic) bond motifs is 4. The predicted octanol–water partition coefficient (Wildman–Crippen LogP) is 4.63. The minimum Gasteiger partial charge on any atom is -0.359 e. The zero-order chi connectivity index (χ0) is 21.0.